The van der Waals surface area contributed by atoms with E-state index in [1.54, 1.807) is 7.05 Å². The monoisotopic (exact) mass is 302 g/mol. The minimum Gasteiger partial charge on any atom is -0.359 e. The van der Waals surface area contributed by atoms with Gasteiger partial charge in [0.1, 0.15) is 0 Å². The lowest BCUT2D eigenvalue weighted by Crippen LogP contribution is -2.39. The number of carbonyl (C=O) groups excluding carboxylic acids is 1. The molecule has 0 radical (unpaired) electrons. The lowest BCUT2D eigenvalue weighted by atomic mass is 10.1. The average Bonchev–Trinajstić information content (AvgIpc) is 3.16. The van der Waals surface area contributed by atoms with Crippen LogP contribution in [0, 0.1) is 0 Å². The van der Waals surface area contributed by atoms with Gasteiger partial charge in [0.2, 0.25) is 5.91 Å². The number of carbonyl (C=O) groups is 1. The normalized spacial score (nSPS) is 18.2. The van der Waals surface area contributed by atoms with E-state index in [4.69, 9.17) is 0 Å². The molecule has 1 aliphatic heterocycles. The average molecular weight is 302 g/mol. The summed E-state index contributed by atoms with van der Waals surface area (Å²) in [5.74, 6) is 0.0482. The number of nitrogens with one attached hydrogen (secondary N) is 1. The minimum atomic E-state index is 0.0482. The number of fused-ring (bicyclic) bond motifs is 1. The van der Waals surface area contributed by atoms with Crippen molar-refractivity contribution in [2.45, 2.75) is 39.0 Å². The molecule has 22 heavy (non-hydrogen) atoms. The van der Waals surface area contributed by atoms with E-state index < -0.39 is 0 Å². The molecule has 0 aliphatic carbocycles. The molecule has 0 saturated carbocycles. The molecule has 2 aromatic rings. The second-order valence-electron chi connectivity index (χ2n) is 5.67. The Bertz CT molecular complexity index is 646. The molecule has 3 heterocycles. The van der Waals surface area contributed by atoms with Crippen LogP contribution in [0.1, 0.15) is 30.6 Å². The van der Waals surface area contributed by atoms with Gasteiger partial charge in [0.05, 0.1) is 24.4 Å². The summed E-state index contributed by atoms with van der Waals surface area (Å²) in [4.78, 5) is 14.1. The number of nitrogens with zero attached hydrogens (tertiary/aromatic N) is 5. The summed E-state index contributed by atoms with van der Waals surface area (Å²) < 4.78 is 3.92. The molecular formula is C15H22N6O. The molecule has 0 bridgehead atoms. The van der Waals surface area contributed by atoms with Gasteiger partial charge >= 0.3 is 0 Å². The van der Waals surface area contributed by atoms with E-state index in [0.29, 0.717) is 6.42 Å². The van der Waals surface area contributed by atoms with Crippen LogP contribution in [0.25, 0.3) is 0 Å². The second-order valence-corrected chi connectivity index (χ2v) is 5.67. The van der Waals surface area contributed by atoms with Crippen molar-refractivity contribution in [3.63, 3.8) is 0 Å². The van der Waals surface area contributed by atoms with Crippen LogP contribution in [-0.4, -0.2) is 44.0 Å². The SMILES string of the molecule is CCn1cc(CN2Cc3ccnn3[C@H](CC(=O)NC)C2)cn1. The molecule has 0 unspecified atom stereocenters. The van der Waals surface area contributed by atoms with Gasteiger partial charge < -0.3 is 5.32 Å². The van der Waals surface area contributed by atoms with Crippen molar-refractivity contribution in [1.29, 1.82) is 0 Å². The molecule has 1 aliphatic rings. The summed E-state index contributed by atoms with van der Waals surface area (Å²) in [6.07, 6.45) is 6.27. The lowest BCUT2D eigenvalue weighted by Gasteiger charge is -2.33. The number of aromatic nitrogens is 4. The highest BCUT2D eigenvalue weighted by atomic mass is 16.1. The second kappa shape index (κ2) is 6.31. The van der Waals surface area contributed by atoms with Crippen molar-refractivity contribution in [3.8, 4) is 0 Å². The van der Waals surface area contributed by atoms with Gasteiger partial charge in [-0.15, -0.1) is 0 Å². The molecule has 1 atom stereocenters. The molecule has 0 saturated heterocycles. The van der Waals surface area contributed by atoms with E-state index in [9.17, 15) is 4.79 Å². The number of aryl methyl sites for hydroxylation is 1. The van der Waals surface area contributed by atoms with Gasteiger partial charge in [-0.3, -0.25) is 19.1 Å². The van der Waals surface area contributed by atoms with Crippen molar-refractivity contribution >= 4 is 5.91 Å². The summed E-state index contributed by atoms with van der Waals surface area (Å²) in [6.45, 7) is 5.47. The first-order valence-electron chi connectivity index (χ1n) is 7.66. The molecule has 7 nitrogen and oxygen atoms in total. The highest BCUT2D eigenvalue weighted by Gasteiger charge is 2.27. The predicted octanol–water partition coefficient (Wildman–Crippen LogP) is 0.792. The highest BCUT2D eigenvalue weighted by molar-refractivity contribution is 5.76. The maximum atomic E-state index is 11.7. The van der Waals surface area contributed by atoms with Crippen molar-refractivity contribution in [3.05, 3.63) is 35.9 Å². The van der Waals surface area contributed by atoms with E-state index in [1.807, 2.05) is 27.8 Å². The van der Waals surface area contributed by atoms with Gasteiger partial charge in [0, 0.05) is 51.2 Å². The Morgan fingerprint density at radius 1 is 1.45 bits per heavy atom. The summed E-state index contributed by atoms with van der Waals surface area (Å²) in [5.41, 5.74) is 2.36. The Hall–Kier alpha value is -2.15. The molecule has 1 amide bonds. The topological polar surface area (TPSA) is 68.0 Å². The van der Waals surface area contributed by atoms with Crippen molar-refractivity contribution in [2.75, 3.05) is 13.6 Å². The van der Waals surface area contributed by atoms with Gasteiger partial charge in [0.15, 0.2) is 0 Å². The fourth-order valence-electron chi connectivity index (χ4n) is 2.97. The van der Waals surface area contributed by atoms with Gasteiger partial charge in [-0.25, -0.2) is 0 Å². The largest absolute Gasteiger partial charge is 0.359 e. The van der Waals surface area contributed by atoms with Crippen LogP contribution in [0.5, 0.6) is 0 Å². The summed E-state index contributed by atoms with van der Waals surface area (Å²) in [6, 6.07) is 2.11. The molecular weight excluding hydrogens is 280 g/mol. The summed E-state index contributed by atoms with van der Waals surface area (Å²) in [7, 11) is 1.67. The van der Waals surface area contributed by atoms with E-state index in [2.05, 4.69) is 33.5 Å². The van der Waals surface area contributed by atoms with Gasteiger partial charge in [-0.2, -0.15) is 10.2 Å². The maximum Gasteiger partial charge on any atom is 0.221 e. The van der Waals surface area contributed by atoms with Crippen molar-refractivity contribution in [1.82, 2.24) is 29.8 Å². The van der Waals surface area contributed by atoms with E-state index in [0.717, 1.165) is 31.9 Å². The zero-order valence-electron chi connectivity index (χ0n) is 13.1. The van der Waals surface area contributed by atoms with E-state index in [-0.39, 0.29) is 11.9 Å². The lowest BCUT2D eigenvalue weighted by molar-refractivity contribution is -0.121. The first kappa shape index (κ1) is 14.8. The molecule has 118 valence electrons. The smallest absolute Gasteiger partial charge is 0.221 e. The molecule has 0 aromatic carbocycles. The Labute approximate surface area is 129 Å². The zero-order chi connectivity index (χ0) is 15.5. The number of hydrogen-bond acceptors (Lipinski definition) is 4. The van der Waals surface area contributed by atoms with Crippen LogP contribution in [0.4, 0.5) is 0 Å². The fourth-order valence-corrected chi connectivity index (χ4v) is 2.97. The highest BCUT2D eigenvalue weighted by Crippen LogP contribution is 2.24. The van der Waals surface area contributed by atoms with Crippen LogP contribution in [0.2, 0.25) is 0 Å². The van der Waals surface area contributed by atoms with E-state index >= 15 is 0 Å². The molecule has 0 fully saturated rings. The number of hydrogen-bond donors (Lipinski definition) is 1. The third-order valence-corrected chi connectivity index (χ3v) is 4.07. The quantitative estimate of drug-likeness (QED) is 0.887. The van der Waals surface area contributed by atoms with Crippen LogP contribution in [0.15, 0.2) is 24.7 Å². The fraction of sp³-hybridized carbons (Fsp3) is 0.533. The first-order valence-corrected chi connectivity index (χ1v) is 7.66. The van der Waals surface area contributed by atoms with Crippen molar-refractivity contribution in [2.24, 2.45) is 0 Å². The van der Waals surface area contributed by atoms with Gasteiger partial charge in [0.25, 0.3) is 0 Å². The molecule has 0 spiro atoms. The Morgan fingerprint density at radius 2 is 2.32 bits per heavy atom. The maximum absolute atomic E-state index is 11.7. The Morgan fingerprint density at radius 3 is 3.05 bits per heavy atom. The van der Waals surface area contributed by atoms with Crippen LogP contribution >= 0.6 is 0 Å². The molecule has 2 aromatic heterocycles. The minimum absolute atomic E-state index is 0.0482. The van der Waals surface area contributed by atoms with Gasteiger partial charge in [-0.05, 0) is 13.0 Å². The third kappa shape index (κ3) is 3.04. The first-order chi connectivity index (χ1) is 10.7. The number of amides is 1. The third-order valence-electron chi connectivity index (χ3n) is 4.07. The predicted molar refractivity (Wildman–Crippen MR) is 82.0 cm³/mol. The van der Waals surface area contributed by atoms with Crippen LogP contribution in [-0.2, 0) is 24.4 Å². The van der Waals surface area contributed by atoms with Crippen LogP contribution in [0.3, 0.4) is 0 Å². The van der Waals surface area contributed by atoms with Gasteiger partial charge in [-0.1, -0.05) is 0 Å². The molecule has 1 N–H and O–H groups in total. The summed E-state index contributed by atoms with van der Waals surface area (Å²) >= 11 is 0. The van der Waals surface area contributed by atoms with Crippen molar-refractivity contribution < 1.29 is 4.79 Å². The molecule has 3 rings (SSSR count). The summed E-state index contributed by atoms with van der Waals surface area (Å²) in [5, 5.41) is 11.4. The number of rotatable bonds is 5. The Kier molecular flexibility index (Phi) is 4.24. The van der Waals surface area contributed by atoms with Crippen LogP contribution < -0.4 is 5.32 Å². The Balaban J connectivity index is 1.73. The molecule has 7 heteroatoms. The standard InChI is InChI=1S/C15H22N6O/c1-3-20-9-12(7-18-20)8-19-10-13-4-5-17-21(13)14(11-19)6-15(22)16-2/h4-5,7,9,14H,3,6,8,10-11H2,1-2H3,(H,16,22)/t14-/m1/s1. The van der Waals surface area contributed by atoms with E-state index in [1.165, 1.54) is 5.56 Å². The zero-order valence-corrected chi connectivity index (χ0v) is 13.1.